The zero-order valence-electron chi connectivity index (χ0n) is 15.1. The van der Waals surface area contributed by atoms with Gasteiger partial charge in [0.1, 0.15) is 0 Å². The van der Waals surface area contributed by atoms with Gasteiger partial charge in [-0.3, -0.25) is 0 Å². The van der Waals surface area contributed by atoms with Crippen LogP contribution in [0, 0.1) is 19.3 Å². The second-order valence-corrected chi connectivity index (χ2v) is 9.20. The molecule has 1 aromatic heterocycles. The van der Waals surface area contributed by atoms with Gasteiger partial charge in [-0.05, 0) is 55.2 Å². The Labute approximate surface area is 153 Å². The van der Waals surface area contributed by atoms with Crippen LogP contribution in [0.1, 0.15) is 53.6 Å². The molecule has 0 unspecified atom stereocenters. The number of aryl methyl sites for hydroxylation is 2. The summed E-state index contributed by atoms with van der Waals surface area (Å²) in [6.07, 6.45) is 3.24. The van der Waals surface area contributed by atoms with Gasteiger partial charge in [-0.2, -0.15) is 17.7 Å². The van der Waals surface area contributed by atoms with Crippen LogP contribution in [-0.4, -0.2) is 36.0 Å². The van der Waals surface area contributed by atoms with Gasteiger partial charge in [0.15, 0.2) is 5.82 Å². The molecule has 7 nitrogen and oxygen atoms in total. The average molecular weight is 376 g/mol. The molecule has 2 heterocycles. The van der Waals surface area contributed by atoms with E-state index in [-0.39, 0.29) is 11.3 Å². The maximum Gasteiger partial charge on any atom is 0.276 e. The molecule has 1 saturated heterocycles. The summed E-state index contributed by atoms with van der Waals surface area (Å²) in [6.45, 7) is 5.13. The number of piperidine rings is 1. The van der Waals surface area contributed by atoms with E-state index in [0.717, 1.165) is 25.1 Å². The highest BCUT2D eigenvalue weighted by molar-refractivity contribution is 7.86. The van der Waals surface area contributed by atoms with Crippen molar-refractivity contribution >= 4 is 10.2 Å². The van der Waals surface area contributed by atoms with Crippen molar-refractivity contribution in [3.63, 3.8) is 0 Å². The summed E-state index contributed by atoms with van der Waals surface area (Å²) in [5.74, 6) is 1.66. The van der Waals surface area contributed by atoms with E-state index in [2.05, 4.69) is 42.2 Å². The lowest BCUT2D eigenvalue weighted by Crippen LogP contribution is -2.43. The molecule has 1 aromatic carbocycles. The van der Waals surface area contributed by atoms with Crippen molar-refractivity contribution in [2.24, 2.45) is 10.6 Å². The lowest BCUT2D eigenvalue weighted by Gasteiger charge is -2.30. The highest BCUT2D eigenvalue weighted by atomic mass is 32.2. The van der Waals surface area contributed by atoms with Crippen LogP contribution in [0.4, 0.5) is 0 Å². The average Bonchev–Trinajstić information content (AvgIpc) is 3.06. The number of hydrogen-bond donors (Lipinski definition) is 1. The molecule has 140 valence electrons. The van der Waals surface area contributed by atoms with Crippen LogP contribution >= 0.6 is 0 Å². The highest BCUT2D eigenvalue weighted by Gasteiger charge is 2.58. The molecule has 1 saturated carbocycles. The Kier molecular flexibility index (Phi) is 4.17. The van der Waals surface area contributed by atoms with Gasteiger partial charge in [0, 0.05) is 19.0 Å². The summed E-state index contributed by atoms with van der Waals surface area (Å²) < 4.78 is 29.8. The molecule has 2 aliphatic rings. The Balaban J connectivity index is 1.44. The summed E-state index contributed by atoms with van der Waals surface area (Å²) in [4.78, 5) is 4.63. The van der Waals surface area contributed by atoms with Gasteiger partial charge < -0.3 is 4.52 Å². The first-order valence-electron chi connectivity index (χ1n) is 8.94. The fraction of sp³-hybridized carbons (Fsp3) is 0.556. The summed E-state index contributed by atoms with van der Waals surface area (Å²) in [5, 5.41) is 9.43. The molecule has 1 atom stereocenters. The summed E-state index contributed by atoms with van der Waals surface area (Å²) in [5.41, 5.74) is 3.79. The number of aromatic nitrogens is 2. The van der Waals surface area contributed by atoms with E-state index in [1.165, 1.54) is 21.0 Å². The zero-order valence-corrected chi connectivity index (χ0v) is 15.9. The molecule has 0 bridgehead atoms. The van der Waals surface area contributed by atoms with E-state index in [1.807, 2.05) is 0 Å². The lowest BCUT2D eigenvalue weighted by molar-refractivity contribution is 0.249. The summed E-state index contributed by atoms with van der Waals surface area (Å²) >= 11 is 0. The third-order valence-corrected chi connectivity index (χ3v) is 7.12. The molecule has 26 heavy (non-hydrogen) atoms. The minimum Gasteiger partial charge on any atom is -0.339 e. The third kappa shape index (κ3) is 3.17. The van der Waals surface area contributed by atoms with E-state index in [4.69, 9.17) is 9.66 Å². The van der Waals surface area contributed by atoms with Gasteiger partial charge in [0.2, 0.25) is 5.89 Å². The smallest absolute Gasteiger partial charge is 0.276 e. The molecule has 1 spiro atoms. The number of nitrogens with two attached hydrogens (primary N) is 1. The predicted octanol–water partition coefficient (Wildman–Crippen LogP) is 2.05. The van der Waals surface area contributed by atoms with E-state index >= 15 is 0 Å². The predicted molar refractivity (Wildman–Crippen MR) is 96.7 cm³/mol. The van der Waals surface area contributed by atoms with Crippen LogP contribution in [0.2, 0.25) is 0 Å². The molecule has 4 rings (SSSR count). The van der Waals surface area contributed by atoms with E-state index in [9.17, 15) is 8.42 Å². The van der Waals surface area contributed by atoms with Crippen molar-refractivity contribution in [3.05, 3.63) is 46.6 Å². The Morgan fingerprint density at radius 2 is 1.92 bits per heavy atom. The quantitative estimate of drug-likeness (QED) is 0.880. The van der Waals surface area contributed by atoms with Gasteiger partial charge in [-0.25, -0.2) is 5.14 Å². The lowest BCUT2D eigenvalue weighted by atomic mass is 9.92. The summed E-state index contributed by atoms with van der Waals surface area (Å²) in [7, 11) is -3.59. The number of nitrogens with zero attached hydrogens (tertiary/aromatic N) is 3. The van der Waals surface area contributed by atoms with E-state index < -0.39 is 10.2 Å². The molecule has 0 radical (unpaired) electrons. The SMILES string of the molecule is Cc1cccc(C)c1Cc1nc([C@@H]2CC23CCN(S(N)(=O)=O)CC3)no1. The molecule has 1 aliphatic heterocycles. The van der Waals surface area contributed by atoms with Crippen LogP contribution in [-0.2, 0) is 16.6 Å². The van der Waals surface area contributed by atoms with Gasteiger partial charge in [-0.1, -0.05) is 23.4 Å². The van der Waals surface area contributed by atoms with Crippen LogP contribution in [0.25, 0.3) is 0 Å². The zero-order chi connectivity index (χ0) is 18.5. The number of hydrogen-bond acceptors (Lipinski definition) is 5. The molecular formula is C18H24N4O3S. The van der Waals surface area contributed by atoms with Crippen molar-refractivity contribution in [1.82, 2.24) is 14.4 Å². The Morgan fingerprint density at radius 1 is 1.27 bits per heavy atom. The van der Waals surface area contributed by atoms with Crippen LogP contribution in [0.15, 0.2) is 22.7 Å². The van der Waals surface area contributed by atoms with Crippen molar-refractivity contribution in [3.8, 4) is 0 Å². The van der Waals surface area contributed by atoms with Crippen LogP contribution in [0.3, 0.4) is 0 Å². The highest BCUT2D eigenvalue weighted by Crippen LogP contribution is 2.64. The van der Waals surface area contributed by atoms with Gasteiger partial charge in [0.25, 0.3) is 10.2 Å². The minimum atomic E-state index is -3.59. The van der Waals surface area contributed by atoms with Crippen molar-refractivity contribution in [1.29, 1.82) is 0 Å². The maximum atomic E-state index is 11.5. The maximum absolute atomic E-state index is 11.5. The Hall–Kier alpha value is -1.77. The molecule has 8 heteroatoms. The Morgan fingerprint density at radius 3 is 2.54 bits per heavy atom. The van der Waals surface area contributed by atoms with Crippen LogP contribution < -0.4 is 5.14 Å². The van der Waals surface area contributed by atoms with Crippen LogP contribution in [0.5, 0.6) is 0 Å². The fourth-order valence-corrected chi connectivity index (χ4v) is 4.90. The third-order valence-electron chi connectivity index (χ3n) is 6.04. The van der Waals surface area contributed by atoms with Crippen molar-refractivity contribution in [2.45, 2.75) is 45.4 Å². The number of rotatable bonds is 4. The first-order chi connectivity index (χ1) is 12.3. The molecule has 0 amide bonds. The monoisotopic (exact) mass is 376 g/mol. The molecule has 2 fully saturated rings. The van der Waals surface area contributed by atoms with E-state index in [0.29, 0.717) is 25.4 Å². The van der Waals surface area contributed by atoms with E-state index in [1.54, 1.807) is 0 Å². The largest absolute Gasteiger partial charge is 0.339 e. The minimum absolute atomic E-state index is 0.112. The normalized spacial score (nSPS) is 22.7. The standard InChI is InChI=1S/C18H24N4O3S/c1-12-4-3-5-13(2)14(12)10-16-20-17(21-25-16)15-11-18(15)6-8-22(9-7-18)26(19,23)24/h3-5,15H,6-11H2,1-2H3,(H2,19,23,24)/t15-/m0/s1. The molecular weight excluding hydrogens is 352 g/mol. The van der Waals surface area contributed by atoms with Gasteiger partial charge in [0.05, 0.1) is 6.42 Å². The second kappa shape index (κ2) is 6.14. The molecule has 2 N–H and O–H groups in total. The fourth-order valence-electron chi connectivity index (χ4n) is 4.21. The molecule has 2 aromatic rings. The number of benzene rings is 1. The topological polar surface area (TPSA) is 102 Å². The second-order valence-electron chi connectivity index (χ2n) is 7.66. The summed E-state index contributed by atoms with van der Waals surface area (Å²) in [6, 6.07) is 6.23. The van der Waals surface area contributed by atoms with Crippen molar-refractivity contribution in [2.75, 3.05) is 13.1 Å². The van der Waals surface area contributed by atoms with Gasteiger partial charge >= 0.3 is 0 Å². The van der Waals surface area contributed by atoms with Crippen molar-refractivity contribution < 1.29 is 12.9 Å². The molecule has 1 aliphatic carbocycles. The first kappa shape index (κ1) is 17.6. The van der Waals surface area contributed by atoms with Gasteiger partial charge in [-0.15, -0.1) is 0 Å². The Bertz CT molecular complexity index is 909. The first-order valence-corrected chi connectivity index (χ1v) is 10.4.